The zero-order chi connectivity index (χ0) is 10.6. The Balaban J connectivity index is 2.39. The lowest BCUT2D eigenvalue weighted by atomic mass is 9.93. The van der Waals surface area contributed by atoms with Crippen molar-refractivity contribution in [3.63, 3.8) is 0 Å². The average molecular weight is 198 g/mol. The van der Waals surface area contributed by atoms with Gasteiger partial charge in [0.1, 0.15) is 0 Å². The fraction of sp³-hybridized carbons (Fsp3) is 0.909. The Hall–Kier alpha value is -0.570. The maximum absolute atomic E-state index is 11.7. The molecular formula is C11H22N2O. The van der Waals surface area contributed by atoms with Crippen molar-refractivity contribution in [3.05, 3.63) is 0 Å². The Morgan fingerprint density at radius 1 is 1.50 bits per heavy atom. The summed E-state index contributed by atoms with van der Waals surface area (Å²) in [4.78, 5) is 13.8. The minimum Gasteiger partial charge on any atom is -0.339 e. The molecular weight excluding hydrogens is 176 g/mol. The summed E-state index contributed by atoms with van der Waals surface area (Å²) in [5.74, 6) is 1.03. The number of carbonyl (C=O) groups is 1. The van der Waals surface area contributed by atoms with Crippen molar-refractivity contribution >= 4 is 5.91 Å². The molecule has 1 amide bonds. The number of likely N-dealkylation sites (N-methyl/N-ethyl adjacent to an activating group) is 1. The number of hydrogen-bond donors (Lipinski definition) is 1. The van der Waals surface area contributed by atoms with E-state index in [1.54, 1.807) is 0 Å². The molecule has 0 saturated carbocycles. The molecule has 1 fully saturated rings. The van der Waals surface area contributed by atoms with Crippen LogP contribution in [0.15, 0.2) is 0 Å². The van der Waals surface area contributed by atoms with Gasteiger partial charge in [-0.05, 0) is 32.2 Å². The first kappa shape index (κ1) is 11.5. The van der Waals surface area contributed by atoms with Gasteiger partial charge in [0.25, 0.3) is 0 Å². The first-order chi connectivity index (χ1) is 6.65. The van der Waals surface area contributed by atoms with E-state index in [-0.39, 0.29) is 5.91 Å². The van der Waals surface area contributed by atoms with Crippen molar-refractivity contribution in [2.24, 2.45) is 5.92 Å². The molecule has 0 bridgehead atoms. The molecule has 1 aliphatic rings. The van der Waals surface area contributed by atoms with Crippen molar-refractivity contribution in [2.45, 2.75) is 39.7 Å². The van der Waals surface area contributed by atoms with Crippen LogP contribution in [0.25, 0.3) is 0 Å². The first-order valence-electron chi connectivity index (χ1n) is 5.65. The van der Waals surface area contributed by atoms with E-state index in [0.717, 1.165) is 31.8 Å². The number of hydrogen-bond acceptors (Lipinski definition) is 2. The number of likely N-dealkylation sites (tertiary alicyclic amines) is 1. The van der Waals surface area contributed by atoms with Crippen molar-refractivity contribution in [3.8, 4) is 0 Å². The highest BCUT2D eigenvalue weighted by Crippen LogP contribution is 2.21. The third-order valence-electron chi connectivity index (χ3n) is 2.98. The van der Waals surface area contributed by atoms with E-state index in [9.17, 15) is 4.79 Å². The molecule has 1 heterocycles. The van der Waals surface area contributed by atoms with Gasteiger partial charge >= 0.3 is 0 Å². The summed E-state index contributed by atoms with van der Waals surface area (Å²) in [7, 11) is 0. The van der Waals surface area contributed by atoms with Crippen molar-refractivity contribution in [2.75, 3.05) is 19.6 Å². The number of piperidine rings is 1. The molecule has 2 atom stereocenters. The molecule has 82 valence electrons. The van der Waals surface area contributed by atoms with Gasteiger partial charge in [-0.25, -0.2) is 0 Å². The van der Waals surface area contributed by atoms with E-state index in [1.807, 2.05) is 11.8 Å². The van der Waals surface area contributed by atoms with Crippen LogP contribution in [-0.2, 0) is 4.79 Å². The van der Waals surface area contributed by atoms with Gasteiger partial charge in [-0.1, -0.05) is 13.8 Å². The number of rotatable bonds is 3. The maximum atomic E-state index is 11.7. The predicted molar refractivity (Wildman–Crippen MR) is 58.1 cm³/mol. The largest absolute Gasteiger partial charge is 0.339 e. The van der Waals surface area contributed by atoms with Crippen LogP contribution >= 0.6 is 0 Å². The highest BCUT2D eigenvalue weighted by molar-refractivity contribution is 5.78. The molecule has 0 aliphatic carbocycles. The first-order valence-corrected chi connectivity index (χ1v) is 5.65. The SMILES string of the molecule is CCNCC(=O)N1CCC(C)CC1C. The molecule has 14 heavy (non-hydrogen) atoms. The van der Waals surface area contributed by atoms with Crippen LogP contribution in [0, 0.1) is 5.92 Å². The summed E-state index contributed by atoms with van der Waals surface area (Å²) in [6.45, 7) is 8.74. The van der Waals surface area contributed by atoms with Gasteiger partial charge in [-0.15, -0.1) is 0 Å². The standard InChI is InChI=1S/C11H22N2O/c1-4-12-8-11(14)13-6-5-9(2)7-10(13)3/h9-10,12H,4-8H2,1-3H3. The number of nitrogens with zero attached hydrogens (tertiary/aromatic N) is 1. The topological polar surface area (TPSA) is 32.3 Å². The highest BCUT2D eigenvalue weighted by Gasteiger charge is 2.25. The average Bonchev–Trinajstić information content (AvgIpc) is 2.14. The van der Waals surface area contributed by atoms with Gasteiger partial charge in [-0.2, -0.15) is 0 Å². The van der Waals surface area contributed by atoms with Crippen molar-refractivity contribution < 1.29 is 4.79 Å². The Morgan fingerprint density at radius 2 is 2.21 bits per heavy atom. The summed E-state index contributed by atoms with van der Waals surface area (Å²) >= 11 is 0. The second-order valence-electron chi connectivity index (χ2n) is 4.35. The number of amides is 1. The van der Waals surface area contributed by atoms with Gasteiger partial charge in [0.2, 0.25) is 5.91 Å². The quantitative estimate of drug-likeness (QED) is 0.740. The Labute approximate surface area is 86.9 Å². The molecule has 0 aromatic rings. The monoisotopic (exact) mass is 198 g/mol. The molecule has 1 aliphatic heterocycles. The summed E-state index contributed by atoms with van der Waals surface area (Å²) in [6.07, 6.45) is 2.31. The molecule has 1 saturated heterocycles. The van der Waals surface area contributed by atoms with Gasteiger partial charge in [0, 0.05) is 12.6 Å². The zero-order valence-electron chi connectivity index (χ0n) is 9.55. The normalized spacial score (nSPS) is 27.8. The summed E-state index contributed by atoms with van der Waals surface area (Å²) in [5.41, 5.74) is 0. The molecule has 0 aromatic heterocycles. The van der Waals surface area contributed by atoms with Crippen LogP contribution in [0.5, 0.6) is 0 Å². The van der Waals surface area contributed by atoms with E-state index < -0.39 is 0 Å². The lowest BCUT2D eigenvalue weighted by molar-refractivity contribution is -0.134. The van der Waals surface area contributed by atoms with E-state index in [4.69, 9.17) is 0 Å². The molecule has 0 spiro atoms. The van der Waals surface area contributed by atoms with E-state index in [1.165, 1.54) is 0 Å². The van der Waals surface area contributed by atoms with Gasteiger partial charge in [-0.3, -0.25) is 4.79 Å². The van der Waals surface area contributed by atoms with Gasteiger partial charge in [0.05, 0.1) is 6.54 Å². The summed E-state index contributed by atoms with van der Waals surface area (Å²) in [6, 6.07) is 0.421. The van der Waals surface area contributed by atoms with Crippen LogP contribution in [0.2, 0.25) is 0 Å². The second-order valence-corrected chi connectivity index (χ2v) is 4.35. The molecule has 1 rings (SSSR count). The summed E-state index contributed by atoms with van der Waals surface area (Å²) in [5, 5.41) is 3.09. The lowest BCUT2D eigenvalue weighted by Crippen LogP contribution is -2.47. The molecule has 3 heteroatoms. The van der Waals surface area contributed by atoms with Crippen LogP contribution < -0.4 is 5.32 Å². The number of nitrogens with one attached hydrogen (secondary N) is 1. The second kappa shape index (κ2) is 5.35. The Morgan fingerprint density at radius 3 is 2.79 bits per heavy atom. The summed E-state index contributed by atoms with van der Waals surface area (Å²) < 4.78 is 0. The fourth-order valence-electron chi connectivity index (χ4n) is 2.11. The molecule has 2 unspecified atom stereocenters. The zero-order valence-corrected chi connectivity index (χ0v) is 9.55. The van der Waals surface area contributed by atoms with E-state index in [0.29, 0.717) is 12.6 Å². The predicted octanol–water partition coefficient (Wildman–Crippen LogP) is 1.24. The van der Waals surface area contributed by atoms with E-state index >= 15 is 0 Å². The Bertz CT molecular complexity index is 194. The maximum Gasteiger partial charge on any atom is 0.236 e. The Kier molecular flexibility index (Phi) is 4.39. The fourth-order valence-corrected chi connectivity index (χ4v) is 2.11. The number of carbonyl (C=O) groups excluding carboxylic acids is 1. The third-order valence-corrected chi connectivity index (χ3v) is 2.98. The third kappa shape index (κ3) is 2.98. The van der Waals surface area contributed by atoms with Crippen molar-refractivity contribution in [1.82, 2.24) is 10.2 Å². The molecule has 3 nitrogen and oxygen atoms in total. The molecule has 1 N–H and O–H groups in total. The minimum atomic E-state index is 0.256. The highest BCUT2D eigenvalue weighted by atomic mass is 16.2. The van der Waals surface area contributed by atoms with Crippen molar-refractivity contribution in [1.29, 1.82) is 0 Å². The lowest BCUT2D eigenvalue weighted by Gasteiger charge is -2.36. The van der Waals surface area contributed by atoms with Gasteiger partial charge in [0.15, 0.2) is 0 Å². The molecule has 0 radical (unpaired) electrons. The van der Waals surface area contributed by atoms with Crippen LogP contribution in [0.1, 0.15) is 33.6 Å². The van der Waals surface area contributed by atoms with Crippen LogP contribution in [0.4, 0.5) is 0 Å². The minimum absolute atomic E-state index is 0.256. The molecule has 0 aromatic carbocycles. The van der Waals surface area contributed by atoms with Gasteiger partial charge < -0.3 is 10.2 Å². The smallest absolute Gasteiger partial charge is 0.236 e. The van der Waals surface area contributed by atoms with Crippen LogP contribution in [-0.4, -0.2) is 36.5 Å². The van der Waals surface area contributed by atoms with Crippen LogP contribution in [0.3, 0.4) is 0 Å². The van der Waals surface area contributed by atoms with E-state index in [2.05, 4.69) is 19.2 Å².